The third-order valence-electron chi connectivity index (χ3n) is 2.27. The van der Waals surface area contributed by atoms with Crippen LogP contribution in [-0.2, 0) is 9.47 Å². The van der Waals surface area contributed by atoms with E-state index in [1.54, 1.807) is 14.2 Å². The van der Waals surface area contributed by atoms with Crippen LogP contribution in [0.4, 0.5) is 0 Å². The van der Waals surface area contributed by atoms with Crippen molar-refractivity contribution in [1.29, 1.82) is 0 Å². The molecule has 0 aliphatic rings. The number of hydrogen-bond acceptors (Lipinski definition) is 4. The zero-order valence-corrected chi connectivity index (χ0v) is 8.91. The molecule has 2 unspecified atom stereocenters. The van der Waals surface area contributed by atoms with E-state index >= 15 is 0 Å². The van der Waals surface area contributed by atoms with Crippen molar-refractivity contribution in [3.8, 4) is 0 Å². The van der Waals surface area contributed by atoms with Gasteiger partial charge in [-0.2, -0.15) is 0 Å². The Labute approximate surface area is 80.2 Å². The van der Waals surface area contributed by atoms with Gasteiger partial charge in [-0.3, -0.25) is 0 Å². The number of hydrogen-bond donors (Lipinski definition) is 2. The standard InChI is InChI=1S/C9H21NO3/c1-7(6-11)8(2)10-5-9(12-3)13-4/h7-11H,5-6H2,1-4H3. The Morgan fingerprint density at radius 3 is 2.15 bits per heavy atom. The fraction of sp³-hybridized carbons (Fsp3) is 1.00. The van der Waals surface area contributed by atoms with Crippen molar-refractivity contribution in [2.75, 3.05) is 27.4 Å². The summed E-state index contributed by atoms with van der Waals surface area (Å²) >= 11 is 0. The molecule has 0 aromatic heterocycles. The van der Waals surface area contributed by atoms with Gasteiger partial charge >= 0.3 is 0 Å². The number of nitrogens with one attached hydrogen (secondary N) is 1. The molecule has 0 heterocycles. The molecule has 4 heteroatoms. The predicted octanol–water partition coefficient (Wildman–Crippen LogP) is 0.212. The van der Waals surface area contributed by atoms with E-state index in [1.165, 1.54) is 0 Å². The summed E-state index contributed by atoms with van der Waals surface area (Å²) in [6.45, 7) is 4.85. The maximum absolute atomic E-state index is 8.88. The van der Waals surface area contributed by atoms with Gasteiger partial charge in [-0.1, -0.05) is 6.92 Å². The summed E-state index contributed by atoms with van der Waals surface area (Å²) in [7, 11) is 3.21. The minimum atomic E-state index is -0.214. The van der Waals surface area contributed by atoms with E-state index in [0.29, 0.717) is 6.54 Å². The Morgan fingerprint density at radius 1 is 1.23 bits per heavy atom. The summed E-state index contributed by atoms with van der Waals surface area (Å²) in [4.78, 5) is 0. The smallest absolute Gasteiger partial charge is 0.169 e. The van der Waals surface area contributed by atoms with Crippen molar-refractivity contribution in [2.45, 2.75) is 26.2 Å². The maximum atomic E-state index is 8.88. The highest BCUT2D eigenvalue weighted by Gasteiger charge is 2.12. The molecule has 0 aromatic rings. The molecule has 0 bridgehead atoms. The molecule has 0 rings (SSSR count). The van der Waals surface area contributed by atoms with Crippen molar-refractivity contribution >= 4 is 0 Å². The second kappa shape index (κ2) is 7.26. The van der Waals surface area contributed by atoms with Crippen molar-refractivity contribution in [3.05, 3.63) is 0 Å². The third kappa shape index (κ3) is 5.21. The van der Waals surface area contributed by atoms with Crippen LogP contribution in [0.15, 0.2) is 0 Å². The molecule has 0 spiro atoms. The minimum absolute atomic E-state index is 0.193. The summed E-state index contributed by atoms with van der Waals surface area (Å²) in [6.07, 6.45) is -0.214. The summed E-state index contributed by atoms with van der Waals surface area (Å²) in [5.74, 6) is 0.245. The first kappa shape index (κ1) is 12.8. The summed E-state index contributed by atoms with van der Waals surface area (Å²) in [5.41, 5.74) is 0. The van der Waals surface area contributed by atoms with Crippen molar-refractivity contribution < 1.29 is 14.6 Å². The summed E-state index contributed by atoms with van der Waals surface area (Å²) in [6, 6.07) is 0.262. The van der Waals surface area contributed by atoms with Gasteiger partial charge in [-0.15, -0.1) is 0 Å². The fourth-order valence-corrected chi connectivity index (χ4v) is 0.904. The molecule has 2 atom stereocenters. The minimum Gasteiger partial charge on any atom is -0.396 e. The quantitative estimate of drug-likeness (QED) is 0.565. The maximum Gasteiger partial charge on any atom is 0.169 e. The highest BCUT2D eigenvalue weighted by molar-refractivity contribution is 4.67. The SMILES string of the molecule is COC(CNC(C)C(C)CO)OC. The van der Waals surface area contributed by atoms with Crippen LogP contribution in [0.25, 0.3) is 0 Å². The van der Waals surface area contributed by atoms with Crippen molar-refractivity contribution in [2.24, 2.45) is 5.92 Å². The first-order chi connectivity index (χ1) is 6.15. The molecule has 0 amide bonds. The average Bonchev–Trinajstić information content (AvgIpc) is 2.17. The van der Waals surface area contributed by atoms with Crippen LogP contribution in [-0.4, -0.2) is 44.8 Å². The molecule has 0 aliphatic carbocycles. The first-order valence-corrected chi connectivity index (χ1v) is 4.55. The Bertz CT molecular complexity index is 117. The van der Waals surface area contributed by atoms with Gasteiger partial charge in [0.15, 0.2) is 6.29 Å². The van der Waals surface area contributed by atoms with Crippen LogP contribution in [0.1, 0.15) is 13.8 Å². The number of methoxy groups -OCH3 is 2. The predicted molar refractivity (Wildman–Crippen MR) is 51.5 cm³/mol. The molecular weight excluding hydrogens is 170 g/mol. The number of aliphatic hydroxyl groups excluding tert-OH is 1. The molecule has 13 heavy (non-hydrogen) atoms. The zero-order chi connectivity index (χ0) is 10.3. The van der Waals surface area contributed by atoms with E-state index in [9.17, 15) is 0 Å². The van der Waals surface area contributed by atoms with Crippen LogP contribution in [0.2, 0.25) is 0 Å². The second-order valence-corrected chi connectivity index (χ2v) is 3.26. The molecule has 2 N–H and O–H groups in total. The Morgan fingerprint density at radius 2 is 1.77 bits per heavy atom. The normalized spacial score (nSPS) is 16.2. The Kier molecular flexibility index (Phi) is 7.17. The van der Waals surface area contributed by atoms with Gasteiger partial charge in [-0.25, -0.2) is 0 Å². The lowest BCUT2D eigenvalue weighted by molar-refractivity contribution is -0.100. The molecule has 0 radical (unpaired) electrons. The molecule has 0 saturated carbocycles. The van der Waals surface area contributed by atoms with Gasteiger partial charge in [-0.05, 0) is 12.8 Å². The fourth-order valence-electron chi connectivity index (χ4n) is 0.904. The largest absolute Gasteiger partial charge is 0.396 e. The molecule has 4 nitrogen and oxygen atoms in total. The summed E-state index contributed by atoms with van der Waals surface area (Å²) in [5, 5.41) is 12.1. The average molecular weight is 191 g/mol. The van der Waals surface area contributed by atoms with Gasteiger partial charge in [0.25, 0.3) is 0 Å². The highest BCUT2D eigenvalue weighted by atomic mass is 16.7. The molecule has 0 saturated heterocycles. The molecule has 0 fully saturated rings. The topological polar surface area (TPSA) is 50.7 Å². The van der Waals surface area contributed by atoms with Crippen LogP contribution >= 0.6 is 0 Å². The second-order valence-electron chi connectivity index (χ2n) is 3.26. The molecular formula is C9H21NO3. The van der Waals surface area contributed by atoms with Gasteiger partial charge in [0, 0.05) is 33.4 Å². The van der Waals surface area contributed by atoms with E-state index in [-0.39, 0.29) is 24.9 Å². The lowest BCUT2D eigenvalue weighted by atomic mass is 10.1. The van der Waals surface area contributed by atoms with Crippen LogP contribution in [0, 0.1) is 5.92 Å². The van der Waals surface area contributed by atoms with Gasteiger partial charge in [0.05, 0.1) is 0 Å². The monoisotopic (exact) mass is 191 g/mol. The van der Waals surface area contributed by atoms with Crippen molar-refractivity contribution in [1.82, 2.24) is 5.32 Å². The van der Waals surface area contributed by atoms with Crippen LogP contribution < -0.4 is 5.32 Å². The molecule has 0 aromatic carbocycles. The lowest BCUT2D eigenvalue weighted by Crippen LogP contribution is -2.39. The van der Waals surface area contributed by atoms with E-state index in [1.807, 2.05) is 13.8 Å². The number of rotatable bonds is 7. The zero-order valence-electron chi connectivity index (χ0n) is 8.91. The highest BCUT2D eigenvalue weighted by Crippen LogP contribution is 2.00. The summed E-state index contributed by atoms with van der Waals surface area (Å²) < 4.78 is 10.0. The first-order valence-electron chi connectivity index (χ1n) is 4.55. The molecule has 0 aliphatic heterocycles. The number of aliphatic hydroxyl groups is 1. The molecule has 80 valence electrons. The van der Waals surface area contributed by atoms with Gasteiger partial charge in [0.2, 0.25) is 0 Å². The van der Waals surface area contributed by atoms with Crippen molar-refractivity contribution in [3.63, 3.8) is 0 Å². The Hall–Kier alpha value is -0.160. The third-order valence-corrected chi connectivity index (χ3v) is 2.27. The Balaban J connectivity index is 3.61. The van der Waals surface area contributed by atoms with E-state index in [2.05, 4.69) is 5.32 Å². The van der Waals surface area contributed by atoms with E-state index in [4.69, 9.17) is 14.6 Å². The van der Waals surface area contributed by atoms with Crippen LogP contribution in [0.5, 0.6) is 0 Å². The van der Waals surface area contributed by atoms with E-state index in [0.717, 1.165) is 0 Å². The lowest BCUT2D eigenvalue weighted by Gasteiger charge is -2.22. The van der Waals surface area contributed by atoms with E-state index < -0.39 is 0 Å². The van der Waals surface area contributed by atoms with Gasteiger partial charge < -0.3 is 19.9 Å². The van der Waals surface area contributed by atoms with Gasteiger partial charge in [0.1, 0.15) is 0 Å². The van der Waals surface area contributed by atoms with Crippen LogP contribution in [0.3, 0.4) is 0 Å². The number of ether oxygens (including phenoxy) is 2.